The second-order valence-electron chi connectivity index (χ2n) is 4.05. The lowest BCUT2D eigenvalue weighted by Gasteiger charge is -2.12. The average molecular weight is 289 g/mol. The van der Waals surface area contributed by atoms with Gasteiger partial charge in [-0.25, -0.2) is 4.39 Å². The van der Waals surface area contributed by atoms with Crippen molar-refractivity contribution in [1.82, 2.24) is 5.32 Å². The van der Waals surface area contributed by atoms with Crippen LogP contribution in [0.5, 0.6) is 0 Å². The van der Waals surface area contributed by atoms with Crippen molar-refractivity contribution in [2.75, 3.05) is 0 Å². The summed E-state index contributed by atoms with van der Waals surface area (Å²) in [6.07, 6.45) is 0. The molecule has 0 fully saturated rings. The Labute approximate surface area is 120 Å². The molecule has 1 unspecified atom stereocenters. The Hall–Kier alpha value is -2.38. The van der Waals surface area contributed by atoms with Gasteiger partial charge in [-0.3, -0.25) is 4.79 Å². The lowest BCUT2D eigenvalue weighted by molar-refractivity contribution is 0.0945. The highest BCUT2D eigenvalue weighted by Gasteiger charge is 2.18. The van der Waals surface area contributed by atoms with E-state index >= 15 is 0 Å². The smallest absolute Gasteiger partial charge is 0.254 e. The summed E-state index contributed by atoms with van der Waals surface area (Å²) in [5, 5.41) is 11.4. The number of halogens is 2. The Balaban J connectivity index is 2.23. The third-order valence-electron chi connectivity index (χ3n) is 2.73. The molecule has 5 heteroatoms. The summed E-state index contributed by atoms with van der Waals surface area (Å²) in [5.41, 5.74) is 0.652. The largest absolute Gasteiger partial charge is 0.332 e. The SMILES string of the molecule is N#CC(NC(=O)c1cccc(F)c1Cl)c1ccccc1. The van der Waals surface area contributed by atoms with Gasteiger partial charge in [0.15, 0.2) is 0 Å². The Morgan fingerprint density at radius 1 is 1.20 bits per heavy atom. The van der Waals surface area contributed by atoms with Gasteiger partial charge in [0.25, 0.3) is 5.91 Å². The highest BCUT2D eigenvalue weighted by molar-refractivity contribution is 6.34. The molecule has 3 nitrogen and oxygen atoms in total. The zero-order valence-electron chi connectivity index (χ0n) is 10.3. The monoisotopic (exact) mass is 288 g/mol. The maximum Gasteiger partial charge on any atom is 0.254 e. The summed E-state index contributed by atoms with van der Waals surface area (Å²) in [6.45, 7) is 0. The summed E-state index contributed by atoms with van der Waals surface area (Å²) in [4.78, 5) is 12.0. The Bertz CT molecular complexity index is 667. The number of carbonyl (C=O) groups is 1. The van der Waals surface area contributed by atoms with Crippen molar-refractivity contribution in [1.29, 1.82) is 5.26 Å². The van der Waals surface area contributed by atoms with Crippen LogP contribution in [0.2, 0.25) is 5.02 Å². The molecule has 0 bridgehead atoms. The van der Waals surface area contributed by atoms with Gasteiger partial charge < -0.3 is 5.32 Å². The standard InChI is InChI=1S/C15H10ClFN2O/c16-14-11(7-4-8-12(14)17)15(20)19-13(9-18)10-5-2-1-3-6-10/h1-8,13H,(H,19,20). The van der Waals surface area contributed by atoms with Gasteiger partial charge in [-0.05, 0) is 17.7 Å². The minimum Gasteiger partial charge on any atom is -0.332 e. The molecule has 2 rings (SSSR count). The predicted molar refractivity (Wildman–Crippen MR) is 73.7 cm³/mol. The predicted octanol–water partition coefficient (Wildman–Crippen LogP) is 3.47. The van der Waals surface area contributed by atoms with E-state index in [0.29, 0.717) is 5.56 Å². The quantitative estimate of drug-likeness (QED) is 0.940. The molecule has 1 N–H and O–H groups in total. The second-order valence-corrected chi connectivity index (χ2v) is 4.43. The van der Waals surface area contributed by atoms with Crippen molar-refractivity contribution < 1.29 is 9.18 Å². The molecule has 2 aromatic carbocycles. The number of nitriles is 1. The van der Waals surface area contributed by atoms with Crippen molar-refractivity contribution in [2.45, 2.75) is 6.04 Å². The molecule has 0 aromatic heterocycles. The molecule has 0 aliphatic carbocycles. The molecule has 0 radical (unpaired) electrons. The number of nitrogens with zero attached hydrogens (tertiary/aromatic N) is 1. The molecule has 1 amide bonds. The van der Waals surface area contributed by atoms with Crippen molar-refractivity contribution in [3.8, 4) is 6.07 Å². The molecule has 0 spiro atoms. The number of carbonyl (C=O) groups excluding carboxylic acids is 1. The zero-order valence-corrected chi connectivity index (χ0v) is 11.1. The average Bonchev–Trinajstić information content (AvgIpc) is 2.48. The molecule has 0 saturated carbocycles. The number of rotatable bonds is 3. The fourth-order valence-electron chi connectivity index (χ4n) is 1.72. The first-order valence-corrected chi connectivity index (χ1v) is 6.20. The molecular formula is C15H10ClFN2O. The number of nitrogens with one attached hydrogen (secondary N) is 1. The Morgan fingerprint density at radius 3 is 2.55 bits per heavy atom. The van der Waals surface area contributed by atoms with Crippen LogP contribution in [0.15, 0.2) is 48.5 Å². The molecule has 100 valence electrons. The molecule has 0 aliphatic heterocycles. The van der Waals surface area contributed by atoms with E-state index < -0.39 is 17.8 Å². The normalized spacial score (nSPS) is 11.4. The first-order chi connectivity index (χ1) is 9.63. The third-order valence-corrected chi connectivity index (χ3v) is 3.12. The highest BCUT2D eigenvalue weighted by Crippen LogP contribution is 2.20. The summed E-state index contributed by atoms with van der Waals surface area (Å²) in [6, 6.07) is 13.9. The van der Waals surface area contributed by atoms with Gasteiger partial charge in [0.05, 0.1) is 16.7 Å². The van der Waals surface area contributed by atoms with Gasteiger partial charge in [-0.15, -0.1) is 0 Å². The molecule has 0 heterocycles. The van der Waals surface area contributed by atoms with Crippen LogP contribution in [-0.4, -0.2) is 5.91 Å². The molecule has 0 aliphatic rings. The van der Waals surface area contributed by atoms with Gasteiger partial charge in [-0.1, -0.05) is 48.0 Å². The molecule has 2 aromatic rings. The van der Waals surface area contributed by atoms with Crippen molar-refractivity contribution >= 4 is 17.5 Å². The fourth-order valence-corrected chi connectivity index (χ4v) is 1.94. The number of hydrogen-bond acceptors (Lipinski definition) is 2. The van der Waals surface area contributed by atoms with Crippen LogP contribution in [0.25, 0.3) is 0 Å². The van der Waals surface area contributed by atoms with E-state index in [1.807, 2.05) is 12.1 Å². The van der Waals surface area contributed by atoms with Crippen LogP contribution in [0.3, 0.4) is 0 Å². The number of hydrogen-bond donors (Lipinski definition) is 1. The number of amides is 1. The van der Waals surface area contributed by atoms with E-state index in [9.17, 15) is 9.18 Å². The first-order valence-electron chi connectivity index (χ1n) is 5.83. The van der Waals surface area contributed by atoms with Crippen molar-refractivity contribution in [3.05, 3.63) is 70.5 Å². The maximum absolute atomic E-state index is 13.3. The van der Waals surface area contributed by atoms with Crippen molar-refractivity contribution in [3.63, 3.8) is 0 Å². The van der Waals surface area contributed by atoms with E-state index in [2.05, 4.69) is 5.32 Å². The van der Waals surface area contributed by atoms with E-state index in [-0.39, 0.29) is 10.6 Å². The van der Waals surface area contributed by atoms with Crippen LogP contribution in [0.4, 0.5) is 4.39 Å². The molecular weight excluding hydrogens is 279 g/mol. The lowest BCUT2D eigenvalue weighted by Crippen LogP contribution is -2.28. The highest BCUT2D eigenvalue weighted by atomic mass is 35.5. The summed E-state index contributed by atoms with van der Waals surface area (Å²) in [7, 11) is 0. The number of benzene rings is 2. The van der Waals surface area contributed by atoms with Gasteiger partial charge in [0, 0.05) is 0 Å². The van der Waals surface area contributed by atoms with E-state index in [4.69, 9.17) is 16.9 Å². The topological polar surface area (TPSA) is 52.9 Å². The van der Waals surface area contributed by atoms with Gasteiger partial charge >= 0.3 is 0 Å². The van der Waals surface area contributed by atoms with E-state index in [0.717, 1.165) is 6.07 Å². The third kappa shape index (κ3) is 2.95. The zero-order chi connectivity index (χ0) is 14.5. The summed E-state index contributed by atoms with van der Waals surface area (Å²) < 4.78 is 13.3. The molecule has 0 saturated heterocycles. The maximum atomic E-state index is 13.3. The minimum atomic E-state index is -0.817. The second kappa shape index (κ2) is 6.18. The summed E-state index contributed by atoms with van der Waals surface area (Å²) in [5.74, 6) is -1.27. The molecule has 20 heavy (non-hydrogen) atoms. The van der Waals surface area contributed by atoms with Crippen LogP contribution in [-0.2, 0) is 0 Å². The van der Waals surface area contributed by atoms with Crippen LogP contribution in [0, 0.1) is 17.1 Å². The van der Waals surface area contributed by atoms with E-state index in [1.165, 1.54) is 12.1 Å². The van der Waals surface area contributed by atoms with Gasteiger partial charge in [0.1, 0.15) is 11.9 Å². The van der Waals surface area contributed by atoms with Crippen molar-refractivity contribution in [2.24, 2.45) is 0 Å². The summed E-state index contributed by atoms with van der Waals surface area (Å²) >= 11 is 5.74. The lowest BCUT2D eigenvalue weighted by atomic mass is 10.1. The molecule has 1 atom stereocenters. The fraction of sp³-hybridized carbons (Fsp3) is 0.0667. The minimum absolute atomic E-state index is 0.00264. The van der Waals surface area contributed by atoms with Crippen LogP contribution in [0.1, 0.15) is 22.0 Å². The van der Waals surface area contributed by atoms with Crippen LogP contribution < -0.4 is 5.32 Å². The Morgan fingerprint density at radius 2 is 1.90 bits per heavy atom. The Kier molecular flexibility index (Phi) is 4.34. The van der Waals surface area contributed by atoms with Gasteiger partial charge in [0.2, 0.25) is 0 Å². The first kappa shape index (κ1) is 14.0. The van der Waals surface area contributed by atoms with Gasteiger partial charge in [-0.2, -0.15) is 5.26 Å². The van der Waals surface area contributed by atoms with E-state index in [1.54, 1.807) is 24.3 Å². The van der Waals surface area contributed by atoms with Crippen LogP contribution >= 0.6 is 11.6 Å².